The van der Waals surface area contributed by atoms with Gasteiger partial charge in [0.15, 0.2) is 11.0 Å². The summed E-state index contributed by atoms with van der Waals surface area (Å²) in [5.41, 5.74) is 0. The molecule has 0 aromatic carbocycles. The summed E-state index contributed by atoms with van der Waals surface area (Å²) in [6.07, 6.45) is 4.59. The van der Waals surface area contributed by atoms with Crippen LogP contribution < -0.4 is 0 Å². The van der Waals surface area contributed by atoms with Gasteiger partial charge in [0.05, 0.1) is 4.88 Å². The van der Waals surface area contributed by atoms with Gasteiger partial charge in [-0.2, -0.15) is 0 Å². The van der Waals surface area contributed by atoms with Gasteiger partial charge in [0.1, 0.15) is 0 Å². The second-order valence-electron chi connectivity index (χ2n) is 3.59. The van der Waals surface area contributed by atoms with E-state index in [-0.39, 0.29) is 0 Å². The Morgan fingerprint density at radius 1 is 1.47 bits per heavy atom. The van der Waals surface area contributed by atoms with Gasteiger partial charge in [0.2, 0.25) is 0 Å². The average molecular weight is 237 g/mol. The first-order valence-electron chi connectivity index (χ1n) is 4.93. The van der Waals surface area contributed by atoms with Crippen molar-refractivity contribution in [1.82, 2.24) is 14.8 Å². The molecule has 5 heteroatoms. The van der Waals surface area contributed by atoms with Crippen LogP contribution in [0.4, 0.5) is 0 Å². The molecule has 3 nitrogen and oxygen atoms in total. The predicted molar refractivity (Wildman–Crippen MR) is 63.4 cm³/mol. The van der Waals surface area contributed by atoms with E-state index in [1.54, 1.807) is 23.1 Å². The number of hydrogen-bond donors (Lipinski definition) is 0. The third kappa shape index (κ3) is 1.59. The maximum atomic E-state index is 4.29. The van der Waals surface area contributed by atoms with Crippen LogP contribution >= 0.6 is 23.1 Å². The van der Waals surface area contributed by atoms with Crippen molar-refractivity contribution in [2.24, 2.45) is 0 Å². The highest BCUT2D eigenvalue weighted by molar-refractivity contribution is 7.98. The maximum Gasteiger partial charge on any atom is 0.191 e. The molecule has 2 aromatic rings. The zero-order valence-electron chi connectivity index (χ0n) is 8.38. The molecule has 2 heterocycles. The lowest BCUT2D eigenvalue weighted by molar-refractivity contribution is 0.671. The third-order valence-corrected chi connectivity index (χ3v) is 4.01. The van der Waals surface area contributed by atoms with E-state index in [0.29, 0.717) is 6.04 Å². The summed E-state index contributed by atoms with van der Waals surface area (Å²) in [5, 5.41) is 11.7. The van der Waals surface area contributed by atoms with Gasteiger partial charge in [-0.1, -0.05) is 17.8 Å². The van der Waals surface area contributed by atoms with Crippen LogP contribution in [0.25, 0.3) is 10.7 Å². The Bertz CT molecular complexity index is 457. The van der Waals surface area contributed by atoms with Gasteiger partial charge in [-0.05, 0) is 30.5 Å². The molecule has 0 spiro atoms. The smallest absolute Gasteiger partial charge is 0.191 e. The molecule has 0 unspecified atom stereocenters. The van der Waals surface area contributed by atoms with Crippen LogP contribution in [-0.4, -0.2) is 21.0 Å². The normalized spacial score (nSPS) is 15.8. The fourth-order valence-corrected chi connectivity index (χ4v) is 2.91. The van der Waals surface area contributed by atoms with E-state index in [4.69, 9.17) is 0 Å². The molecular formula is C10H11N3S2. The first-order valence-corrected chi connectivity index (χ1v) is 7.03. The van der Waals surface area contributed by atoms with Crippen molar-refractivity contribution in [1.29, 1.82) is 0 Å². The van der Waals surface area contributed by atoms with Gasteiger partial charge < -0.3 is 0 Å². The molecule has 15 heavy (non-hydrogen) atoms. The third-order valence-electron chi connectivity index (χ3n) is 2.50. The number of thioether (sulfide) groups is 1. The fourth-order valence-electron chi connectivity index (χ4n) is 1.65. The number of hydrogen-bond acceptors (Lipinski definition) is 4. The number of thiophene rings is 1. The highest BCUT2D eigenvalue weighted by Crippen LogP contribution is 2.41. The lowest BCUT2D eigenvalue weighted by atomic mass is 10.4. The molecule has 1 saturated carbocycles. The molecule has 0 atom stereocenters. The topological polar surface area (TPSA) is 30.7 Å². The van der Waals surface area contributed by atoms with E-state index in [2.05, 4.69) is 38.5 Å². The summed E-state index contributed by atoms with van der Waals surface area (Å²) in [4.78, 5) is 1.22. The molecule has 78 valence electrons. The van der Waals surface area contributed by atoms with E-state index in [1.165, 1.54) is 17.7 Å². The first-order chi connectivity index (χ1) is 7.40. The molecule has 0 amide bonds. The van der Waals surface area contributed by atoms with Crippen LogP contribution in [0.5, 0.6) is 0 Å². The predicted octanol–water partition coefficient (Wildman–Crippen LogP) is 3.06. The van der Waals surface area contributed by atoms with Crippen molar-refractivity contribution >= 4 is 23.1 Å². The minimum absolute atomic E-state index is 0.638. The number of aromatic nitrogens is 3. The van der Waals surface area contributed by atoms with Crippen molar-refractivity contribution in [2.75, 3.05) is 6.26 Å². The Kier molecular flexibility index (Phi) is 2.29. The maximum absolute atomic E-state index is 4.29. The molecule has 3 rings (SSSR count). The van der Waals surface area contributed by atoms with Crippen molar-refractivity contribution in [2.45, 2.75) is 24.0 Å². The molecule has 0 saturated heterocycles. The molecular weight excluding hydrogens is 226 g/mol. The van der Waals surface area contributed by atoms with Crippen LogP contribution in [-0.2, 0) is 0 Å². The summed E-state index contributed by atoms with van der Waals surface area (Å²) in [6.45, 7) is 0. The lowest BCUT2D eigenvalue weighted by Crippen LogP contribution is -1.97. The highest BCUT2D eigenvalue weighted by Gasteiger charge is 2.29. The van der Waals surface area contributed by atoms with Gasteiger partial charge >= 0.3 is 0 Å². The summed E-state index contributed by atoms with van der Waals surface area (Å²) in [6, 6.07) is 4.81. The number of rotatable bonds is 3. The van der Waals surface area contributed by atoms with Crippen molar-refractivity contribution in [3.63, 3.8) is 0 Å². The molecule has 0 aliphatic heterocycles. The van der Waals surface area contributed by atoms with Crippen molar-refractivity contribution in [3.8, 4) is 10.7 Å². The van der Waals surface area contributed by atoms with Gasteiger partial charge in [-0.3, -0.25) is 4.57 Å². The molecule has 0 radical (unpaired) electrons. The summed E-state index contributed by atoms with van der Waals surface area (Å²) in [5.74, 6) is 1.04. The van der Waals surface area contributed by atoms with Crippen LogP contribution in [0.2, 0.25) is 0 Å². The fraction of sp³-hybridized carbons (Fsp3) is 0.400. The first kappa shape index (κ1) is 9.42. The van der Waals surface area contributed by atoms with Gasteiger partial charge in [-0.15, -0.1) is 21.5 Å². The van der Waals surface area contributed by atoms with Gasteiger partial charge in [0, 0.05) is 6.04 Å². The van der Waals surface area contributed by atoms with Crippen LogP contribution in [0.1, 0.15) is 18.9 Å². The van der Waals surface area contributed by atoms with E-state index >= 15 is 0 Å². The minimum Gasteiger partial charge on any atom is -0.298 e. The van der Waals surface area contributed by atoms with Gasteiger partial charge in [0.25, 0.3) is 0 Å². The molecule has 1 aliphatic rings. The van der Waals surface area contributed by atoms with E-state index in [1.807, 2.05) is 0 Å². The number of nitrogens with zero attached hydrogens (tertiary/aromatic N) is 3. The van der Waals surface area contributed by atoms with Crippen LogP contribution in [0.15, 0.2) is 22.7 Å². The Balaban J connectivity index is 2.11. The molecule has 1 aliphatic carbocycles. The second kappa shape index (κ2) is 3.64. The molecule has 1 fully saturated rings. The highest BCUT2D eigenvalue weighted by atomic mass is 32.2. The zero-order chi connectivity index (χ0) is 10.3. The van der Waals surface area contributed by atoms with Crippen molar-refractivity contribution in [3.05, 3.63) is 17.5 Å². The monoisotopic (exact) mass is 237 g/mol. The van der Waals surface area contributed by atoms with E-state index in [9.17, 15) is 0 Å². The Morgan fingerprint density at radius 3 is 2.93 bits per heavy atom. The van der Waals surface area contributed by atoms with E-state index < -0.39 is 0 Å². The molecule has 0 bridgehead atoms. The average Bonchev–Trinajstić information content (AvgIpc) is 2.83. The van der Waals surface area contributed by atoms with Crippen LogP contribution in [0.3, 0.4) is 0 Å². The Labute approximate surface area is 96.5 Å². The SMILES string of the molecule is CSc1nnc(-c2cccs2)n1C1CC1. The summed E-state index contributed by atoms with van der Waals surface area (Å²) >= 11 is 3.40. The minimum atomic E-state index is 0.638. The largest absolute Gasteiger partial charge is 0.298 e. The quantitative estimate of drug-likeness (QED) is 0.769. The summed E-state index contributed by atoms with van der Waals surface area (Å²) in [7, 11) is 0. The Hall–Kier alpha value is -0.810. The molecule has 2 aromatic heterocycles. The second-order valence-corrected chi connectivity index (χ2v) is 5.31. The van der Waals surface area contributed by atoms with Gasteiger partial charge in [-0.25, -0.2) is 0 Å². The van der Waals surface area contributed by atoms with Crippen LogP contribution in [0, 0.1) is 0 Å². The molecule has 0 N–H and O–H groups in total. The van der Waals surface area contributed by atoms with Crippen molar-refractivity contribution < 1.29 is 0 Å². The zero-order valence-corrected chi connectivity index (χ0v) is 10.0. The Morgan fingerprint density at radius 2 is 2.33 bits per heavy atom. The lowest BCUT2D eigenvalue weighted by Gasteiger charge is -2.05. The van der Waals surface area contributed by atoms with E-state index in [0.717, 1.165) is 11.0 Å². The summed E-state index contributed by atoms with van der Waals surface area (Å²) < 4.78 is 2.29. The standard InChI is InChI=1S/C10H11N3S2/c1-14-10-12-11-9(8-3-2-6-15-8)13(10)7-4-5-7/h2-3,6-7H,4-5H2,1H3.